The number of thioether (sulfide) groups is 1. The second-order valence-corrected chi connectivity index (χ2v) is 2.48. The third-order valence-corrected chi connectivity index (χ3v) is 1.80. The van der Waals surface area contributed by atoms with Crippen LogP contribution in [0.15, 0.2) is 4.99 Å². The van der Waals surface area contributed by atoms with Gasteiger partial charge in [-0.25, -0.2) is 4.99 Å². The van der Waals surface area contributed by atoms with Gasteiger partial charge in [-0.3, -0.25) is 4.79 Å². The van der Waals surface area contributed by atoms with Gasteiger partial charge in [0.1, 0.15) is 0 Å². The van der Waals surface area contributed by atoms with E-state index < -0.39 is 0 Å². The molecule has 0 aromatic rings. The van der Waals surface area contributed by atoms with Crippen molar-refractivity contribution in [2.75, 3.05) is 6.26 Å². The minimum atomic E-state index is 0.0364. The maximum Gasteiger partial charge on any atom is 0.246 e. The monoisotopic (exact) mass is 129 g/mol. The molecule has 3 heteroatoms. The zero-order valence-corrected chi connectivity index (χ0v) is 5.49. The van der Waals surface area contributed by atoms with Gasteiger partial charge in [-0.05, 0) is 6.26 Å². The molecular formula is C5H7NOS. The molecule has 0 aliphatic carbocycles. The molecule has 1 rings (SSSR count). The molecule has 0 unspecified atom stereocenters. The molecule has 2 nitrogen and oxygen atoms in total. The summed E-state index contributed by atoms with van der Waals surface area (Å²) in [5.41, 5.74) is 0. The van der Waals surface area contributed by atoms with Crippen LogP contribution < -0.4 is 0 Å². The van der Waals surface area contributed by atoms with Crippen molar-refractivity contribution in [1.29, 1.82) is 0 Å². The van der Waals surface area contributed by atoms with Crippen molar-refractivity contribution in [3.05, 3.63) is 0 Å². The van der Waals surface area contributed by atoms with Crippen LogP contribution in [0.1, 0.15) is 12.8 Å². The van der Waals surface area contributed by atoms with E-state index in [1.165, 1.54) is 0 Å². The highest BCUT2D eigenvalue weighted by molar-refractivity contribution is 8.13. The lowest BCUT2D eigenvalue weighted by molar-refractivity contribution is -0.117. The molecule has 1 amide bonds. The summed E-state index contributed by atoms with van der Waals surface area (Å²) in [6, 6.07) is 0. The largest absolute Gasteiger partial charge is 0.273 e. The Balaban J connectivity index is 2.57. The first-order valence-corrected chi connectivity index (χ1v) is 3.70. The Morgan fingerprint density at radius 1 is 1.62 bits per heavy atom. The van der Waals surface area contributed by atoms with Gasteiger partial charge < -0.3 is 0 Å². The van der Waals surface area contributed by atoms with Crippen molar-refractivity contribution >= 4 is 22.7 Å². The summed E-state index contributed by atoms with van der Waals surface area (Å²) in [5.74, 6) is 0.0364. The van der Waals surface area contributed by atoms with E-state index in [-0.39, 0.29) is 5.91 Å². The number of nitrogens with zero attached hydrogens (tertiary/aromatic N) is 1. The fraction of sp³-hybridized carbons (Fsp3) is 0.600. The summed E-state index contributed by atoms with van der Waals surface area (Å²) in [4.78, 5) is 14.2. The fourth-order valence-electron chi connectivity index (χ4n) is 0.612. The van der Waals surface area contributed by atoms with Crippen LogP contribution in [0.5, 0.6) is 0 Å². The molecule has 0 saturated heterocycles. The Hall–Kier alpha value is -0.310. The van der Waals surface area contributed by atoms with Gasteiger partial charge in [0.25, 0.3) is 0 Å². The minimum Gasteiger partial charge on any atom is -0.273 e. The molecule has 0 spiro atoms. The molecule has 0 bridgehead atoms. The maximum absolute atomic E-state index is 10.4. The molecule has 0 N–H and O–H groups in total. The molecule has 44 valence electrons. The quantitative estimate of drug-likeness (QED) is 0.489. The minimum absolute atomic E-state index is 0.0364. The number of rotatable bonds is 0. The Bertz CT molecular complexity index is 141. The molecule has 0 atom stereocenters. The van der Waals surface area contributed by atoms with Gasteiger partial charge in [-0.15, -0.1) is 11.8 Å². The highest BCUT2D eigenvalue weighted by atomic mass is 32.2. The fourth-order valence-corrected chi connectivity index (χ4v) is 1.11. The lowest BCUT2D eigenvalue weighted by Gasteiger charge is -1.84. The summed E-state index contributed by atoms with van der Waals surface area (Å²) in [6.45, 7) is 0. The predicted molar refractivity (Wildman–Crippen MR) is 35.2 cm³/mol. The number of carbonyl (C=O) groups is 1. The van der Waals surface area contributed by atoms with Crippen molar-refractivity contribution in [1.82, 2.24) is 0 Å². The van der Waals surface area contributed by atoms with Crippen molar-refractivity contribution in [2.24, 2.45) is 4.99 Å². The summed E-state index contributed by atoms with van der Waals surface area (Å²) in [5, 5.41) is 0.981. The van der Waals surface area contributed by atoms with Gasteiger partial charge in [0.05, 0.1) is 5.04 Å². The Labute approximate surface area is 52.4 Å². The topological polar surface area (TPSA) is 29.4 Å². The van der Waals surface area contributed by atoms with Gasteiger partial charge in [-0.1, -0.05) is 0 Å². The van der Waals surface area contributed by atoms with Crippen molar-refractivity contribution in [2.45, 2.75) is 12.8 Å². The molecule has 8 heavy (non-hydrogen) atoms. The Kier molecular flexibility index (Phi) is 1.68. The second kappa shape index (κ2) is 2.31. The maximum atomic E-state index is 10.4. The van der Waals surface area contributed by atoms with E-state index in [2.05, 4.69) is 4.99 Å². The number of carbonyl (C=O) groups excluding carboxylic acids is 1. The third kappa shape index (κ3) is 1.10. The SMILES string of the molecule is CSC1=NC(=O)CC1. The van der Waals surface area contributed by atoms with Crippen molar-refractivity contribution < 1.29 is 4.79 Å². The van der Waals surface area contributed by atoms with Gasteiger partial charge in [0.2, 0.25) is 5.91 Å². The van der Waals surface area contributed by atoms with Crippen LogP contribution >= 0.6 is 11.8 Å². The lowest BCUT2D eigenvalue weighted by Crippen LogP contribution is -1.79. The van der Waals surface area contributed by atoms with Crippen molar-refractivity contribution in [3.63, 3.8) is 0 Å². The Morgan fingerprint density at radius 3 is 2.62 bits per heavy atom. The van der Waals surface area contributed by atoms with Crippen LogP contribution in [-0.2, 0) is 4.79 Å². The highest BCUT2D eigenvalue weighted by Crippen LogP contribution is 2.13. The lowest BCUT2D eigenvalue weighted by atomic mass is 10.4. The number of aliphatic imine (C=N–C) groups is 1. The number of hydrogen-bond donors (Lipinski definition) is 0. The Morgan fingerprint density at radius 2 is 2.38 bits per heavy atom. The molecule has 1 aliphatic rings. The van der Waals surface area contributed by atoms with Gasteiger partial charge in [0.15, 0.2) is 0 Å². The molecule has 0 aromatic carbocycles. The van der Waals surface area contributed by atoms with E-state index in [9.17, 15) is 4.79 Å². The van der Waals surface area contributed by atoms with Crippen molar-refractivity contribution in [3.8, 4) is 0 Å². The molecule has 0 fully saturated rings. The molecule has 1 heterocycles. The second-order valence-electron chi connectivity index (χ2n) is 1.60. The van der Waals surface area contributed by atoms with Gasteiger partial charge in [0, 0.05) is 12.8 Å². The first-order valence-electron chi connectivity index (χ1n) is 2.47. The van der Waals surface area contributed by atoms with Crippen LogP contribution in [0.25, 0.3) is 0 Å². The average Bonchev–Trinajstić information content (AvgIpc) is 2.14. The van der Waals surface area contributed by atoms with Crippen LogP contribution in [0.3, 0.4) is 0 Å². The van der Waals surface area contributed by atoms with E-state index in [1.807, 2.05) is 6.26 Å². The van der Waals surface area contributed by atoms with Gasteiger partial charge in [-0.2, -0.15) is 0 Å². The summed E-state index contributed by atoms with van der Waals surface area (Å²) < 4.78 is 0. The number of amides is 1. The van der Waals surface area contributed by atoms with E-state index in [4.69, 9.17) is 0 Å². The molecule has 0 saturated carbocycles. The van der Waals surface area contributed by atoms with Crippen LogP contribution in [0.4, 0.5) is 0 Å². The number of hydrogen-bond acceptors (Lipinski definition) is 2. The van der Waals surface area contributed by atoms with Crippen LogP contribution in [0.2, 0.25) is 0 Å². The smallest absolute Gasteiger partial charge is 0.246 e. The molecule has 0 radical (unpaired) electrons. The standard InChI is InChI=1S/C5H7NOS/c1-8-5-3-2-4(7)6-5/h2-3H2,1H3. The first-order chi connectivity index (χ1) is 3.83. The highest BCUT2D eigenvalue weighted by Gasteiger charge is 2.11. The third-order valence-electron chi connectivity index (χ3n) is 1.04. The summed E-state index contributed by atoms with van der Waals surface area (Å²) >= 11 is 1.57. The summed E-state index contributed by atoms with van der Waals surface area (Å²) in [6.07, 6.45) is 3.42. The molecule has 0 aromatic heterocycles. The zero-order valence-electron chi connectivity index (χ0n) is 4.68. The van der Waals surface area contributed by atoms with E-state index in [0.29, 0.717) is 6.42 Å². The van der Waals surface area contributed by atoms with E-state index in [0.717, 1.165) is 11.5 Å². The zero-order chi connectivity index (χ0) is 5.98. The van der Waals surface area contributed by atoms with Gasteiger partial charge >= 0.3 is 0 Å². The van der Waals surface area contributed by atoms with E-state index in [1.54, 1.807) is 11.8 Å². The average molecular weight is 129 g/mol. The molecule has 1 aliphatic heterocycles. The normalized spacial score (nSPS) is 19.1. The predicted octanol–water partition coefficient (Wildman–Crippen LogP) is 1.07. The van der Waals surface area contributed by atoms with Crippen LogP contribution in [0, 0.1) is 0 Å². The van der Waals surface area contributed by atoms with Crippen LogP contribution in [-0.4, -0.2) is 17.2 Å². The summed E-state index contributed by atoms with van der Waals surface area (Å²) in [7, 11) is 0. The first kappa shape index (κ1) is 5.82. The van der Waals surface area contributed by atoms with E-state index >= 15 is 0 Å². The molecular weight excluding hydrogens is 122 g/mol.